The number of halogens is 1. The van der Waals surface area contributed by atoms with Crippen LogP contribution in [0.3, 0.4) is 0 Å². The topological polar surface area (TPSA) is 87.6 Å². The molecule has 21 heavy (non-hydrogen) atoms. The van der Waals surface area contributed by atoms with Gasteiger partial charge in [-0.2, -0.15) is 0 Å². The summed E-state index contributed by atoms with van der Waals surface area (Å²) in [7, 11) is -2.74. The van der Waals surface area contributed by atoms with E-state index >= 15 is 0 Å². The van der Waals surface area contributed by atoms with Crippen LogP contribution in [0.5, 0.6) is 0 Å². The number of carbonyl (C=O) groups is 1. The molecular formula is C13H11FN2O4S. The molecule has 0 aliphatic rings. The van der Waals surface area contributed by atoms with Gasteiger partial charge < -0.3 is 5.11 Å². The van der Waals surface area contributed by atoms with Crippen LogP contribution in [0.4, 0.5) is 10.2 Å². The Kier molecular flexibility index (Phi) is 3.90. The van der Waals surface area contributed by atoms with E-state index < -0.39 is 27.4 Å². The molecular weight excluding hydrogens is 299 g/mol. The fraction of sp³-hybridized carbons (Fsp3) is 0.0769. The lowest BCUT2D eigenvalue weighted by Gasteiger charge is -2.18. The van der Waals surface area contributed by atoms with E-state index in [0.29, 0.717) is 0 Å². The number of hydrogen-bond donors (Lipinski definition) is 1. The first-order valence-corrected chi connectivity index (χ1v) is 7.21. The Bertz CT molecular complexity index is 778. The van der Waals surface area contributed by atoms with Crippen molar-refractivity contribution in [3.05, 3.63) is 54.0 Å². The monoisotopic (exact) mass is 310 g/mol. The summed E-state index contributed by atoms with van der Waals surface area (Å²) in [4.78, 5) is 14.5. The van der Waals surface area contributed by atoms with Gasteiger partial charge in [0, 0.05) is 13.2 Å². The Hall–Kier alpha value is -2.48. The largest absolute Gasteiger partial charge is 0.478 e. The van der Waals surface area contributed by atoms with Crippen LogP contribution in [0.15, 0.2) is 47.5 Å². The molecule has 0 saturated heterocycles. The van der Waals surface area contributed by atoms with Crippen molar-refractivity contribution in [3.63, 3.8) is 0 Å². The standard InChI is InChI=1S/C13H11FN2O4S/c1-16(12-4-2-3-7-15-12)21(19,20)9-5-6-11(14)10(8-9)13(17)18/h2-8H,1H3,(H,17,18). The molecule has 0 aliphatic heterocycles. The van der Waals surface area contributed by atoms with E-state index in [-0.39, 0.29) is 10.7 Å². The molecule has 1 N–H and O–H groups in total. The molecule has 0 unspecified atom stereocenters. The average molecular weight is 310 g/mol. The number of anilines is 1. The molecule has 0 bridgehead atoms. The third-order valence-corrected chi connectivity index (χ3v) is 4.56. The maximum atomic E-state index is 13.3. The zero-order valence-corrected chi connectivity index (χ0v) is 11.7. The minimum Gasteiger partial charge on any atom is -0.478 e. The maximum absolute atomic E-state index is 13.3. The molecule has 1 aromatic carbocycles. The molecule has 0 aliphatic carbocycles. The van der Waals surface area contributed by atoms with Crippen molar-refractivity contribution < 1.29 is 22.7 Å². The second kappa shape index (κ2) is 5.49. The van der Waals surface area contributed by atoms with Crippen LogP contribution in [-0.2, 0) is 10.0 Å². The van der Waals surface area contributed by atoms with Crippen molar-refractivity contribution in [2.75, 3.05) is 11.4 Å². The van der Waals surface area contributed by atoms with Gasteiger partial charge in [-0.1, -0.05) is 6.07 Å². The number of aromatic nitrogens is 1. The summed E-state index contributed by atoms with van der Waals surface area (Å²) in [5, 5.41) is 8.85. The number of rotatable bonds is 4. The van der Waals surface area contributed by atoms with Gasteiger partial charge in [-0.25, -0.2) is 22.6 Å². The van der Waals surface area contributed by atoms with E-state index in [1.54, 1.807) is 12.1 Å². The number of benzene rings is 1. The predicted octanol–water partition coefficient (Wildman–Crippen LogP) is 1.74. The Labute approximate surface area is 120 Å². The van der Waals surface area contributed by atoms with Crippen LogP contribution in [-0.4, -0.2) is 31.5 Å². The number of carboxylic acid groups (broad SMARTS) is 1. The number of carboxylic acids is 1. The molecule has 2 rings (SSSR count). The van der Waals surface area contributed by atoms with Crippen LogP contribution in [0, 0.1) is 5.82 Å². The van der Waals surface area contributed by atoms with Crippen LogP contribution >= 0.6 is 0 Å². The molecule has 0 radical (unpaired) electrons. The Morgan fingerprint density at radius 1 is 1.29 bits per heavy atom. The summed E-state index contributed by atoms with van der Waals surface area (Å²) >= 11 is 0. The fourth-order valence-electron chi connectivity index (χ4n) is 1.65. The van der Waals surface area contributed by atoms with E-state index in [1.165, 1.54) is 19.3 Å². The fourth-order valence-corrected chi connectivity index (χ4v) is 2.83. The first kappa shape index (κ1) is 14.9. The Morgan fingerprint density at radius 2 is 2.00 bits per heavy atom. The molecule has 0 spiro atoms. The lowest BCUT2D eigenvalue weighted by atomic mass is 10.2. The third kappa shape index (κ3) is 2.84. The molecule has 0 amide bonds. The first-order chi connectivity index (χ1) is 9.84. The van der Waals surface area contributed by atoms with E-state index in [1.807, 2.05) is 0 Å². The van der Waals surface area contributed by atoms with E-state index in [2.05, 4.69) is 4.98 Å². The van der Waals surface area contributed by atoms with E-state index in [9.17, 15) is 17.6 Å². The van der Waals surface area contributed by atoms with Crippen LogP contribution in [0.2, 0.25) is 0 Å². The summed E-state index contributed by atoms with van der Waals surface area (Å²) in [6.45, 7) is 0. The van der Waals surface area contributed by atoms with Crippen LogP contribution < -0.4 is 4.31 Å². The predicted molar refractivity (Wildman–Crippen MR) is 73.2 cm³/mol. The number of nitrogens with zero attached hydrogens (tertiary/aromatic N) is 2. The van der Waals surface area contributed by atoms with Gasteiger partial charge in [0.2, 0.25) is 0 Å². The van der Waals surface area contributed by atoms with Gasteiger partial charge in [-0.05, 0) is 30.3 Å². The van der Waals surface area contributed by atoms with Crippen molar-refractivity contribution in [2.24, 2.45) is 0 Å². The van der Waals surface area contributed by atoms with Gasteiger partial charge in [0.15, 0.2) is 0 Å². The molecule has 0 saturated carbocycles. The molecule has 1 heterocycles. The minimum atomic E-state index is -4.02. The van der Waals surface area contributed by atoms with E-state index in [0.717, 1.165) is 22.5 Å². The van der Waals surface area contributed by atoms with Crippen molar-refractivity contribution in [3.8, 4) is 0 Å². The molecule has 8 heteroatoms. The second-order valence-corrected chi connectivity index (χ2v) is 6.08. The van der Waals surface area contributed by atoms with Gasteiger partial charge >= 0.3 is 5.97 Å². The highest BCUT2D eigenvalue weighted by atomic mass is 32.2. The van der Waals surface area contributed by atoms with Crippen molar-refractivity contribution in [2.45, 2.75) is 4.90 Å². The summed E-state index contributed by atoms with van der Waals surface area (Å²) in [5.41, 5.74) is -0.703. The molecule has 6 nitrogen and oxygen atoms in total. The lowest BCUT2D eigenvalue weighted by molar-refractivity contribution is 0.0691. The lowest BCUT2D eigenvalue weighted by Crippen LogP contribution is -2.27. The summed E-state index contributed by atoms with van der Waals surface area (Å²) in [5.74, 6) is -2.37. The minimum absolute atomic E-state index is 0.165. The highest BCUT2D eigenvalue weighted by molar-refractivity contribution is 7.92. The molecule has 0 fully saturated rings. The van der Waals surface area contributed by atoms with Crippen molar-refractivity contribution in [1.82, 2.24) is 4.98 Å². The quantitative estimate of drug-likeness (QED) is 0.929. The van der Waals surface area contributed by atoms with Gasteiger partial charge in [0.25, 0.3) is 10.0 Å². The highest BCUT2D eigenvalue weighted by Crippen LogP contribution is 2.22. The highest BCUT2D eigenvalue weighted by Gasteiger charge is 2.24. The summed E-state index contributed by atoms with van der Waals surface area (Å²) in [6.07, 6.45) is 1.43. The summed E-state index contributed by atoms with van der Waals surface area (Å²) < 4.78 is 39.0. The molecule has 0 atom stereocenters. The van der Waals surface area contributed by atoms with Crippen molar-refractivity contribution in [1.29, 1.82) is 0 Å². The summed E-state index contributed by atoms with van der Waals surface area (Å²) in [6, 6.07) is 7.33. The zero-order chi connectivity index (χ0) is 15.6. The average Bonchev–Trinajstić information content (AvgIpc) is 2.47. The van der Waals surface area contributed by atoms with Crippen LogP contribution in [0.1, 0.15) is 10.4 Å². The number of hydrogen-bond acceptors (Lipinski definition) is 4. The normalized spacial score (nSPS) is 11.1. The number of sulfonamides is 1. The molecule has 1 aromatic heterocycles. The van der Waals surface area contributed by atoms with Gasteiger partial charge in [-0.15, -0.1) is 0 Å². The van der Waals surface area contributed by atoms with E-state index in [4.69, 9.17) is 5.11 Å². The SMILES string of the molecule is CN(c1ccccn1)S(=O)(=O)c1ccc(F)c(C(=O)O)c1. The molecule has 2 aromatic rings. The smallest absolute Gasteiger partial charge is 0.338 e. The first-order valence-electron chi connectivity index (χ1n) is 5.77. The van der Waals surface area contributed by atoms with Gasteiger partial charge in [-0.3, -0.25) is 4.31 Å². The molecule has 110 valence electrons. The third-order valence-electron chi connectivity index (χ3n) is 2.80. The zero-order valence-electron chi connectivity index (χ0n) is 10.9. The number of aromatic carboxylic acids is 1. The van der Waals surface area contributed by atoms with Crippen LogP contribution in [0.25, 0.3) is 0 Å². The Morgan fingerprint density at radius 3 is 2.57 bits per heavy atom. The van der Waals surface area contributed by atoms with Gasteiger partial charge in [0.05, 0.1) is 10.5 Å². The Balaban J connectivity index is 2.50. The van der Waals surface area contributed by atoms with Crippen molar-refractivity contribution >= 4 is 21.8 Å². The van der Waals surface area contributed by atoms with Gasteiger partial charge in [0.1, 0.15) is 11.6 Å². The number of pyridine rings is 1. The second-order valence-electron chi connectivity index (χ2n) is 4.11. The maximum Gasteiger partial charge on any atom is 0.338 e.